The third-order valence-electron chi connectivity index (χ3n) is 3.53. The molecule has 0 aromatic heterocycles. The Morgan fingerprint density at radius 2 is 1.30 bits per heavy atom. The lowest BCUT2D eigenvalue weighted by molar-refractivity contribution is -0.867. The van der Waals surface area contributed by atoms with Crippen LogP contribution in [0, 0.1) is 0 Å². The molecule has 0 spiro atoms. The molecule has 2 aromatic carbocycles. The molecule has 0 fully saturated rings. The van der Waals surface area contributed by atoms with Crippen LogP contribution in [-0.2, 0) is 13.0 Å². The Hall–Kier alpha value is -1.57. The van der Waals surface area contributed by atoms with Crippen molar-refractivity contribution in [3.63, 3.8) is 0 Å². The lowest BCUT2D eigenvalue weighted by atomic mass is 10.1. The second kappa shape index (κ2) is 7.28. The summed E-state index contributed by atoms with van der Waals surface area (Å²) in [6.07, 6.45) is 0.931. The predicted molar refractivity (Wildman–Crippen MR) is 81.5 cm³/mol. The molecule has 0 unspecified atom stereocenters. The van der Waals surface area contributed by atoms with E-state index in [0.717, 1.165) is 17.4 Å². The maximum atomic E-state index is 4.29. The summed E-state index contributed by atoms with van der Waals surface area (Å²) in [5.74, 6) is 0. The maximum absolute atomic E-state index is 4.29. The van der Waals surface area contributed by atoms with Gasteiger partial charge in [-0.15, -0.1) is 0 Å². The van der Waals surface area contributed by atoms with Gasteiger partial charge in [0.1, 0.15) is 12.2 Å². The van der Waals surface area contributed by atoms with Gasteiger partial charge in [0.2, 0.25) is 0 Å². The highest BCUT2D eigenvalue weighted by atomic mass is 35.5. The average molecular weight is 288 g/mol. The molecule has 106 valence electrons. The zero-order valence-electron chi connectivity index (χ0n) is 12.2. The molecule has 0 heterocycles. The summed E-state index contributed by atoms with van der Waals surface area (Å²) in [5.41, 5.74) is 3.91. The van der Waals surface area contributed by atoms with Crippen LogP contribution >= 0.6 is 0 Å². The first-order valence-corrected chi connectivity index (χ1v) is 6.67. The van der Waals surface area contributed by atoms with Crippen LogP contribution in [0.15, 0.2) is 72.9 Å². The standard InChI is InChI=1S/C18H22N.ClH/c1-16(14-17-10-6-4-7-11-17)19(2,3)15-18-12-8-5-9-13-18;/h4-13H,1,14-15H2,2-3H3;1H/q+1;/p-1. The van der Waals surface area contributed by atoms with E-state index in [1.807, 2.05) is 0 Å². The Balaban J connectivity index is 0.00000200. The van der Waals surface area contributed by atoms with Gasteiger partial charge in [-0.3, -0.25) is 4.48 Å². The van der Waals surface area contributed by atoms with E-state index in [9.17, 15) is 0 Å². The molecule has 2 heteroatoms. The Morgan fingerprint density at radius 3 is 1.80 bits per heavy atom. The summed E-state index contributed by atoms with van der Waals surface area (Å²) in [6.45, 7) is 5.27. The normalized spacial score (nSPS) is 10.7. The van der Waals surface area contributed by atoms with Gasteiger partial charge in [-0.2, -0.15) is 0 Å². The Labute approximate surface area is 128 Å². The van der Waals surface area contributed by atoms with Crippen LogP contribution in [0.4, 0.5) is 0 Å². The SMILES string of the molecule is C=C(Cc1ccccc1)[N+](C)(C)Cc1ccccc1.[Cl-]. The highest BCUT2D eigenvalue weighted by Crippen LogP contribution is 2.19. The van der Waals surface area contributed by atoms with Crippen LogP contribution in [-0.4, -0.2) is 18.6 Å². The number of rotatable bonds is 5. The van der Waals surface area contributed by atoms with Crippen LogP contribution in [0.2, 0.25) is 0 Å². The summed E-state index contributed by atoms with van der Waals surface area (Å²) in [5, 5.41) is 0. The fraction of sp³-hybridized carbons (Fsp3) is 0.222. The molecule has 0 bridgehead atoms. The second-order valence-corrected chi connectivity index (χ2v) is 5.56. The van der Waals surface area contributed by atoms with Crippen molar-refractivity contribution in [2.75, 3.05) is 14.1 Å². The number of nitrogens with zero attached hydrogens (tertiary/aromatic N) is 1. The Kier molecular flexibility index (Phi) is 6.00. The van der Waals surface area contributed by atoms with Gasteiger partial charge in [0.25, 0.3) is 0 Å². The number of hydrogen-bond donors (Lipinski definition) is 0. The van der Waals surface area contributed by atoms with Gasteiger partial charge in [-0.25, -0.2) is 0 Å². The van der Waals surface area contributed by atoms with Gasteiger partial charge in [0.05, 0.1) is 14.1 Å². The number of allylic oxidation sites excluding steroid dienone is 1. The first-order valence-electron chi connectivity index (χ1n) is 6.67. The van der Waals surface area contributed by atoms with Crippen molar-refractivity contribution in [3.8, 4) is 0 Å². The van der Waals surface area contributed by atoms with Gasteiger partial charge in [0, 0.05) is 12.0 Å². The van der Waals surface area contributed by atoms with E-state index in [4.69, 9.17) is 0 Å². The van der Waals surface area contributed by atoms with Gasteiger partial charge >= 0.3 is 0 Å². The van der Waals surface area contributed by atoms with E-state index in [0.29, 0.717) is 0 Å². The molecule has 0 saturated carbocycles. The van der Waals surface area contributed by atoms with Crippen LogP contribution in [0.25, 0.3) is 0 Å². The summed E-state index contributed by atoms with van der Waals surface area (Å²) in [6, 6.07) is 21.1. The van der Waals surface area contributed by atoms with E-state index in [-0.39, 0.29) is 12.4 Å². The molecule has 0 aliphatic heterocycles. The van der Waals surface area contributed by atoms with Crippen LogP contribution in [0.5, 0.6) is 0 Å². The molecule has 0 aliphatic rings. The first-order chi connectivity index (χ1) is 9.08. The number of halogens is 1. The minimum Gasteiger partial charge on any atom is -1.00 e. The monoisotopic (exact) mass is 287 g/mol. The molecule has 0 aliphatic carbocycles. The lowest BCUT2D eigenvalue weighted by Gasteiger charge is -2.31. The molecule has 0 atom stereocenters. The highest BCUT2D eigenvalue weighted by molar-refractivity contribution is 5.19. The largest absolute Gasteiger partial charge is 1.00 e. The fourth-order valence-corrected chi connectivity index (χ4v) is 2.20. The molecule has 0 saturated heterocycles. The van der Waals surface area contributed by atoms with Crippen LogP contribution in [0.1, 0.15) is 11.1 Å². The zero-order valence-corrected chi connectivity index (χ0v) is 13.0. The molecule has 0 N–H and O–H groups in total. The second-order valence-electron chi connectivity index (χ2n) is 5.56. The van der Waals surface area contributed by atoms with E-state index in [2.05, 4.69) is 81.3 Å². The van der Waals surface area contributed by atoms with Crippen molar-refractivity contribution < 1.29 is 16.9 Å². The van der Waals surface area contributed by atoms with E-state index < -0.39 is 0 Å². The van der Waals surface area contributed by atoms with Gasteiger partial charge in [0.15, 0.2) is 0 Å². The molecule has 20 heavy (non-hydrogen) atoms. The van der Waals surface area contributed by atoms with Crippen molar-refractivity contribution in [3.05, 3.63) is 84.1 Å². The van der Waals surface area contributed by atoms with Crippen molar-refractivity contribution in [2.24, 2.45) is 0 Å². The topological polar surface area (TPSA) is 0 Å². The lowest BCUT2D eigenvalue weighted by Crippen LogP contribution is -3.00. The van der Waals surface area contributed by atoms with E-state index in [1.165, 1.54) is 16.8 Å². The molecule has 2 aromatic rings. The quantitative estimate of drug-likeness (QED) is 0.721. The summed E-state index contributed by atoms with van der Waals surface area (Å²) in [4.78, 5) is 0. The van der Waals surface area contributed by atoms with Crippen molar-refractivity contribution >= 4 is 0 Å². The third-order valence-corrected chi connectivity index (χ3v) is 3.53. The molecular formula is C18H22ClN. The molecule has 1 nitrogen and oxygen atoms in total. The van der Waals surface area contributed by atoms with Crippen LogP contribution in [0.3, 0.4) is 0 Å². The number of hydrogen-bond acceptors (Lipinski definition) is 0. The Morgan fingerprint density at radius 1 is 0.850 bits per heavy atom. The predicted octanol–water partition coefficient (Wildman–Crippen LogP) is 1.02. The molecule has 0 amide bonds. The maximum Gasteiger partial charge on any atom is 0.108 e. The summed E-state index contributed by atoms with van der Waals surface area (Å²) < 4.78 is 0.818. The molecule has 0 radical (unpaired) electrons. The van der Waals surface area contributed by atoms with Gasteiger partial charge in [-0.05, 0) is 12.1 Å². The number of likely N-dealkylation sites (N-methyl/N-ethyl adjacent to an activating group) is 1. The third kappa shape index (κ3) is 4.52. The minimum absolute atomic E-state index is 0. The first kappa shape index (κ1) is 16.5. The van der Waals surface area contributed by atoms with E-state index >= 15 is 0 Å². The smallest absolute Gasteiger partial charge is 0.108 e. The van der Waals surface area contributed by atoms with Crippen molar-refractivity contribution in [1.29, 1.82) is 0 Å². The highest BCUT2D eigenvalue weighted by Gasteiger charge is 2.20. The zero-order chi connectivity index (χ0) is 13.7. The van der Waals surface area contributed by atoms with Gasteiger partial charge < -0.3 is 12.4 Å². The number of quaternary nitrogens is 1. The van der Waals surface area contributed by atoms with Crippen molar-refractivity contribution in [1.82, 2.24) is 0 Å². The van der Waals surface area contributed by atoms with E-state index in [1.54, 1.807) is 0 Å². The summed E-state index contributed by atoms with van der Waals surface area (Å²) >= 11 is 0. The van der Waals surface area contributed by atoms with Crippen molar-refractivity contribution in [2.45, 2.75) is 13.0 Å². The Bertz CT molecular complexity index is 532. The minimum atomic E-state index is 0. The molecule has 2 rings (SSSR count). The average Bonchev–Trinajstić information content (AvgIpc) is 2.40. The summed E-state index contributed by atoms with van der Waals surface area (Å²) in [7, 11) is 4.44. The van der Waals surface area contributed by atoms with Gasteiger partial charge in [-0.1, -0.05) is 60.7 Å². The fourth-order valence-electron chi connectivity index (χ4n) is 2.20. The molecular weight excluding hydrogens is 266 g/mol. The van der Waals surface area contributed by atoms with Crippen LogP contribution < -0.4 is 12.4 Å². The number of benzene rings is 2.